The summed E-state index contributed by atoms with van der Waals surface area (Å²) in [4.78, 5) is 6.51. The molecule has 0 amide bonds. The maximum absolute atomic E-state index is 12.0. The summed E-state index contributed by atoms with van der Waals surface area (Å²) in [5.41, 5.74) is 1.19. The lowest BCUT2D eigenvalue weighted by atomic mass is 10.0. The second kappa shape index (κ2) is 6.62. The number of hydrogen-bond acceptors (Lipinski definition) is 5. The van der Waals surface area contributed by atoms with Gasteiger partial charge in [-0.05, 0) is 24.5 Å². The average molecular weight is 325 g/mol. The number of pyridine rings is 1. The van der Waals surface area contributed by atoms with Crippen LogP contribution in [0.4, 0.5) is 0 Å². The van der Waals surface area contributed by atoms with Crippen molar-refractivity contribution in [3.05, 3.63) is 30.1 Å². The van der Waals surface area contributed by atoms with Gasteiger partial charge in [0.25, 0.3) is 0 Å². The van der Waals surface area contributed by atoms with Gasteiger partial charge in [0, 0.05) is 38.6 Å². The number of likely N-dealkylation sites (tertiary alicyclic amines) is 1. The van der Waals surface area contributed by atoms with Crippen molar-refractivity contribution >= 4 is 10.0 Å². The van der Waals surface area contributed by atoms with Crippen LogP contribution in [0.3, 0.4) is 0 Å². The van der Waals surface area contributed by atoms with Crippen LogP contribution in [0.5, 0.6) is 0 Å². The molecule has 0 spiro atoms. The Morgan fingerprint density at radius 1 is 1.32 bits per heavy atom. The van der Waals surface area contributed by atoms with E-state index in [0.717, 1.165) is 32.5 Å². The van der Waals surface area contributed by atoms with Crippen LogP contribution in [0, 0.1) is 0 Å². The molecule has 2 aliphatic heterocycles. The molecule has 0 aliphatic carbocycles. The molecule has 122 valence electrons. The highest BCUT2D eigenvalue weighted by Gasteiger charge is 2.38. The first kappa shape index (κ1) is 15.9. The van der Waals surface area contributed by atoms with Crippen LogP contribution in [0.25, 0.3) is 0 Å². The van der Waals surface area contributed by atoms with Gasteiger partial charge in [0.1, 0.15) is 0 Å². The average Bonchev–Trinajstić information content (AvgIpc) is 2.70. The summed E-state index contributed by atoms with van der Waals surface area (Å²) < 4.78 is 31.4. The highest BCUT2D eigenvalue weighted by Crippen LogP contribution is 2.26. The monoisotopic (exact) mass is 325 g/mol. The first-order valence-corrected chi connectivity index (χ1v) is 9.58. The maximum Gasteiger partial charge on any atom is 0.211 e. The number of hydrogen-bond donors (Lipinski definition) is 0. The van der Waals surface area contributed by atoms with Crippen molar-refractivity contribution in [2.24, 2.45) is 0 Å². The predicted molar refractivity (Wildman–Crippen MR) is 83.8 cm³/mol. The quantitative estimate of drug-likeness (QED) is 0.819. The zero-order chi connectivity index (χ0) is 15.6. The Balaban J connectivity index is 1.68. The lowest BCUT2D eigenvalue weighted by Gasteiger charge is -2.38. The number of aromatic nitrogens is 1. The minimum absolute atomic E-state index is 0.0161. The Bertz CT molecular complexity index is 593. The zero-order valence-corrected chi connectivity index (χ0v) is 13.7. The summed E-state index contributed by atoms with van der Waals surface area (Å²) in [6, 6.07) is 3.99. The summed E-state index contributed by atoms with van der Waals surface area (Å²) in [6.07, 6.45) is 6.67. The molecule has 1 aromatic heterocycles. The molecular weight excluding hydrogens is 302 g/mol. The van der Waals surface area contributed by atoms with Gasteiger partial charge in [0.05, 0.1) is 25.0 Å². The molecule has 0 saturated carbocycles. The van der Waals surface area contributed by atoms with Gasteiger partial charge in [-0.1, -0.05) is 6.07 Å². The van der Waals surface area contributed by atoms with E-state index in [1.807, 2.05) is 12.3 Å². The largest absolute Gasteiger partial charge is 0.375 e. The van der Waals surface area contributed by atoms with E-state index in [2.05, 4.69) is 16.0 Å². The molecule has 0 unspecified atom stereocenters. The van der Waals surface area contributed by atoms with Gasteiger partial charge in [0.15, 0.2) is 0 Å². The van der Waals surface area contributed by atoms with Crippen LogP contribution in [0.2, 0.25) is 0 Å². The molecule has 0 radical (unpaired) electrons. The number of nitrogens with zero attached hydrogens (tertiary/aromatic N) is 3. The van der Waals surface area contributed by atoms with Crippen LogP contribution in [0.15, 0.2) is 24.5 Å². The first-order valence-electron chi connectivity index (χ1n) is 7.74. The Morgan fingerprint density at radius 2 is 2.14 bits per heavy atom. The number of ether oxygens (including phenoxy) is 1. The molecule has 0 bridgehead atoms. The van der Waals surface area contributed by atoms with E-state index < -0.39 is 10.0 Å². The van der Waals surface area contributed by atoms with Crippen LogP contribution in [-0.2, 0) is 21.3 Å². The summed E-state index contributed by atoms with van der Waals surface area (Å²) in [7, 11) is -3.16. The fraction of sp³-hybridized carbons (Fsp3) is 0.667. The van der Waals surface area contributed by atoms with Crippen LogP contribution < -0.4 is 0 Å². The molecule has 0 aromatic carbocycles. The van der Waals surface area contributed by atoms with Gasteiger partial charge in [-0.3, -0.25) is 9.88 Å². The molecule has 2 saturated heterocycles. The Hall–Kier alpha value is -1.02. The number of morpholine rings is 1. The van der Waals surface area contributed by atoms with E-state index in [4.69, 9.17) is 4.74 Å². The third kappa shape index (κ3) is 3.65. The third-order valence-electron chi connectivity index (χ3n) is 4.47. The first-order chi connectivity index (χ1) is 10.5. The van der Waals surface area contributed by atoms with Crippen LogP contribution in [0.1, 0.15) is 18.4 Å². The summed E-state index contributed by atoms with van der Waals surface area (Å²) >= 11 is 0. The standard InChI is InChI=1S/C15H23N3O3S/c1-22(19,20)18-9-10-21-15-5-8-17(7-4-14(15)18)12-13-3-2-6-16-11-13/h2-3,6,11,14-15H,4-5,7-10,12H2,1H3/t14-,15+/m1/s1. The van der Waals surface area contributed by atoms with Crippen LogP contribution >= 0.6 is 0 Å². The fourth-order valence-electron chi connectivity index (χ4n) is 3.42. The number of sulfonamides is 1. The van der Waals surface area contributed by atoms with Gasteiger partial charge in [-0.15, -0.1) is 0 Å². The van der Waals surface area contributed by atoms with E-state index in [0.29, 0.717) is 13.2 Å². The van der Waals surface area contributed by atoms with E-state index in [9.17, 15) is 8.42 Å². The van der Waals surface area contributed by atoms with Crippen molar-refractivity contribution in [3.8, 4) is 0 Å². The highest BCUT2D eigenvalue weighted by molar-refractivity contribution is 7.88. The third-order valence-corrected chi connectivity index (χ3v) is 5.77. The molecule has 1 aromatic rings. The predicted octanol–water partition coefficient (Wildman–Crippen LogP) is 0.706. The Labute approximate surface area is 132 Å². The SMILES string of the molecule is CS(=O)(=O)N1CCO[C@H]2CCN(Cc3cccnc3)CC[C@H]21. The second-order valence-electron chi connectivity index (χ2n) is 6.07. The second-order valence-corrected chi connectivity index (χ2v) is 8.00. The summed E-state index contributed by atoms with van der Waals surface area (Å²) in [5, 5.41) is 0. The minimum atomic E-state index is -3.16. The number of rotatable bonds is 3. The van der Waals surface area contributed by atoms with Gasteiger partial charge < -0.3 is 4.74 Å². The zero-order valence-electron chi connectivity index (χ0n) is 12.9. The fourth-order valence-corrected chi connectivity index (χ4v) is 4.56. The lowest BCUT2D eigenvalue weighted by Crippen LogP contribution is -2.53. The van der Waals surface area contributed by atoms with Crippen molar-refractivity contribution < 1.29 is 13.2 Å². The van der Waals surface area contributed by atoms with Crippen molar-refractivity contribution in [3.63, 3.8) is 0 Å². The van der Waals surface area contributed by atoms with Crippen molar-refractivity contribution in [2.45, 2.75) is 31.5 Å². The normalized spacial score (nSPS) is 28.0. The molecule has 7 heteroatoms. The van der Waals surface area contributed by atoms with Gasteiger partial charge in [-0.25, -0.2) is 8.42 Å². The molecule has 0 N–H and O–H groups in total. The summed E-state index contributed by atoms with van der Waals surface area (Å²) in [6.45, 7) is 3.63. The van der Waals surface area contributed by atoms with E-state index >= 15 is 0 Å². The lowest BCUT2D eigenvalue weighted by molar-refractivity contribution is -0.0407. The molecule has 22 heavy (non-hydrogen) atoms. The number of fused-ring (bicyclic) bond motifs is 1. The molecule has 3 rings (SSSR count). The smallest absolute Gasteiger partial charge is 0.211 e. The minimum Gasteiger partial charge on any atom is -0.375 e. The topological polar surface area (TPSA) is 62.7 Å². The molecule has 2 aliphatic rings. The van der Waals surface area contributed by atoms with Gasteiger partial charge in [0.2, 0.25) is 10.0 Å². The molecule has 2 atom stereocenters. The van der Waals surface area contributed by atoms with Gasteiger partial charge in [-0.2, -0.15) is 4.31 Å². The Kier molecular flexibility index (Phi) is 4.77. The molecule has 2 fully saturated rings. The van der Waals surface area contributed by atoms with Crippen molar-refractivity contribution in [2.75, 3.05) is 32.5 Å². The highest BCUT2D eigenvalue weighted by atomic mass is 32.2. The summed E-state index contributed by atoms with van der Waals surface area (Å²) in [5.74, 6) is 0. The van der Waals surface area contributed by atoms with E-state index in [-0.39, 0.29) is 12.1 Å². The van der Waals surface area contributed by atoms with E-state index in [1.165, 1.54) is 11.8 Å². The molecular formula is C15H23N3O3S. The van der Waals surface area contributed by atoms with E-state index in [1.54, 1.807) is 10.5 Å². The maximum atomic E-state index is 12.0. The molecule has 3 heterocycles. The van der Waals surface area contributed by atoms with Gasteiger partial charge >= 0.3 is 0 Å². The Morgan fingerprint density at radius 3 is 2.86 bits per heavy atom. The van der Waals surface area contributed by atoms with Crippen LogP contribution in [-0.4, -0.2) is 67.2 Å². The van der Waals surface area contributed by atoms with Crippen molar-refractivity contribution in [1.29, 1.82) is 0 Å². The van der Waals surface area contributed by atoms with Crippen molar-refractivity contribution in [1.82, 2.24) is 14.2 Å². The molecule has 6 nitrogen and oxygen atoms in total.